The predicted molar refractivity (Wildman–Crippen MR) is 119 cm³/mol. The Balaban J connectivity index is 2.38. The fourth-order valence-electron chi connectivity index (χ4n) is 2.98. The number of carbonyl (C=O) groups excluding carboxylic acids is 2. The average molecular weight is 470 g/mol. The van der Waals surface area contributed by atoms with Gasteiger partial charge in [-0.1, -0.05) is 29.8 Å². The van der Waals surface area contributed by atoms with Crippen LogP contribution in [0.3, 0.4) is 0 Å². The molecule has 0 saturated heterocycles. The topological polar surface area (TPSA) is 86.8 Å². The molecule has 0 aliphatic rings. The zero-order chi connectivity index (χ0) is 23.2. The summed E-state index contributed by atoms with van der Waals surface area (Å²) >= 11 is 6.03. The molecule has 168 valence electrons. The summed E-state index contributed by atoms with van der Waals surface area (Å²) < 4.78 is 39.2. The van der Waals surface area contributed by atoms with E-state index in [1.807, 2.05) is 0 Å². The first-order chi connectivity index (χ1) is 14.5. The van der Waals surface area contributed by atoms with Crippen molar-refractivity contribution >= 4 is 39.1 Å². The highest BCUT2D eigenvalue weighted by molar-refractivity contribution is 7.92. The lowest BCUT2D eigenvalue weighted by Gasteiger charge is -2.31. The number of likely N-dealkylation sites (N-methyl/N-ethyl adjacent to an activating group) is 1. The highest BCUT2D eigenvalue weighted by Crippen LogP contribution is 2.20. The summed E-state index contributed by atoms with van der Waals surface area (Å²) in [5.74, 6) is -1.63. The van der Waals surface area contributed by atoms with Crippen molar-refractivity contribution in [3.05, 3.63) is 64.9 Å². The second-order valence-electron chi connectivity index (χ2n) is 6.97. The Morgan fingerprint density at radius 3 is 2.42 bits per heavy atom. The third kappa shape index (κ3) is 6.93. The Kier molecular flexibility index (Phi) is 8.41. The Morgan fingerprint density at radius 2 is 1.84 bits per heavy atom. The van der Waals surface area contributed by atoms with Crippen LogP contribution in [0, 0.1) is 5.82 Å². The van der Waals surface area contributed by atoms with Gasteiger partial charge in [-0.2, -0.15) is 0 Å². The second-order valence-corrected chi connectivity index (χ2v) is 9.31. The number of nitrogens with one attached hydrogen (secondary N) is 1. The number of carbonyl (C=O) groups is 2. The maximum Gasteiger partial charge on any atom is 0.244 e. The molecular weight excluding hydrogens is 445 g/mol. The third-order valence-electron chi connectivity index (χ3n) is 4.54. The van der Waals surface area contributed by atoms with Gasteiger partial charge in [0.25, 0.3) is 0 Å². The summed E-state index contributed by atoms with van der Waals surface area (Å²) in [4.78, 5) is 26.9. The summed E-state index contributed by atoms with van der Waals surface area (Å²) in [6.07, 6.45) is 0.930. The zero-order valence-electron chi connectivity index (χ0n) is 17.5. The Labute approximate surface area is 186 Å². The Bertz CT molecular complexity index is 1050. The average Bonchev–Trinajstić information content (AvgIpc) is 2.69. The first kappa shape index (κ1) is 24.6. The van der Waals surface area contributed by atoms with E-state index in [0.717, 1.165) is 16.6 Å². The van der Waals surface area contributed by atoms with Gasteiger partial charge in [-0.3, -0.25) is 13.9 Å². The van der Waals surface area contributed by atoms with Gasteiger partial charge in [-0.15, -0.1) is 0 Å². The Hall–Kier alpha value is -2.65. The van der Waals surface area contributed by atoms with Gasteiger partial charge in [-0.05, 0) is 49.7 Å². The van der Waals surface area contributed by atoms with E-state index < -0.39 is 34.3 Å². The molecule has 0 spiro atoms. The summed E-state index contributed by atoms with van der Waals surface area (Å²) in [6, 6.07) is 10.9. The lowest BCUT2D eigenvalue weighted by molar-refractivity contribution is -0.139. The van der Waals surface area contributed by atoms with Crippen LogP contribution in [-0.4, -0.2) is 50.5 Å². The van der Waals surface area contributed by atoms with Crippen molar-refractivity contribution in [2.24, 2.45) is 0 Å². The first-order valence-electron chi connectivity index (χ1n) is 9.57. The lowest BCUT2D eigenvalue weighted by Crippen LogP contribution is -2.51. The van der Waals surface area contributed by atoms with Gasteiger partial charge in [-0.25, -0.2) is 12.8 Å². The van der Waals surface area contributed by atoms with Crippen LogP contribution >= 0.6 is 11.6 Å². The number of amides is 2. The van der Waals surface area contributed by atoms with Crippen molar-refractivity contribution in [2.75, 3.05) is 23.7 Å². The van der Waals surface area contributed by atoms with Crippen molar-refractivity contribution in [3.8, 4) is 0 Å². The Morgan fingerprint density at radius 1 is 1.16 bits per heavy atom. The monoisotopic (exact) mass is 469 g/mol. The molecule has 2 aromatic rings. The van der Waals surface area contributed by atoms with Gasteiger partial charge in [0.1, 0.15) is 18.4 Å². The van der Waals surface area contributed by atoms with E-state index in [-0.39, 0.29) is 18.1 Å². The summed E-state index contributed by atoms with van der Waals surface area (Å²) in [5, 5.41) is 3.13. The number of rotatable bonds is 9. The van der Waals surface area contributed by atoms with Crippen LogP contribution in [0.2, 0.25) is 5.02 Å². The molecule has 0 bridgehead atoms. The maximum atomic E-state index is 13.7. The molecule has 0 radical (unpaired) electrons. The number of hydrogen-bond donors (Lipinski definition) is 1. The van der Waals surface area contributed by atoms with Crippen LogP contribution in [0.15, 0.2) is 48.5 Å². The quantitative estimate of drug-likeness (QED) is 0.611. The van der Waals surface area contributed by atoms with E-state index in [9.17, 15) is 22.4 Å². The molecule has 1 N–H and O–H groups in total. The molecule has 10 heteroatoms. The van der Waals surface area contributed by atoms with Crippen LogP contribution < -0.4 is 9.62 Å². The SMILES string of the molecule is CCNC(=O)[C@@H](C)N(Cc1cccc(Cl)c1)C(=O)CN(c1cccc(F)c1)S(C)(=O)=O. The first-order valence-corrected chi connectivity index (χ1v) is 11.8. The molecule has 0 saturated carbocycles. The van der Waals surface area contributed by atoms with Crippen molar-refractivity contribution in [1.29, 1.82) is 0 Å². The standard InChI is InChI=1S/C21H25ClFN3O4S/c1-4-24-21(28)15(2)25(13-16-7-5-8-17(22)11-16)20(27)14-26(31(3,29)30)19-10-6-9-18(23)12-19/h5-12,15H,4,13-14H2,1-3H3,(H,24,28)/t15-/m1/s1. The normalized spacial score (nSPS) is 12.2. The lowest BCUT2D eigenvalue weighted by atomic mass is 10.1. The minimum Gasteiger partial charge on any atom is -0.355 e. The van der Waals surface area contributed by atoms with E-state index in [1.54, 1.807) is 38.1 Å². The van der Waals surface area contributed by atoms with Gasteiger partial charge < -0.3 is 10.2 Å². The van der Waals surface area contributed by atoms with Crippen molar-refractivity contribution in [2.45, 2.75) is 26.4 Å². The minimum absolute atomic E-state index is 0.0178. The van der Waals surface area contributed by atoms with Crippen LogP contribution in [0.1, 0.15) is 19.4 Å². The molecule has 0 heterocycles. The van der Waals surface area contributed by atoms with Crippen molar-refractivity contribution < 1.29 is 22.4 Å². The van der Waals surface area contributed by atoms with Crippen LogP contribution in [0.4, 0.5) is 10.1 Å². The molecule has 2 aromatic carbocycles. The summed E-state index contributed by atoms with van der Waals surface area (Å²) in [6.45, 7) is 3.13. The molecule has 7 nitrogen and oxygen atoms in total. The number of hydrogen-bond acceptors (Lipinski definition) is 4. The number of anilines is 1. The predicted octanol–water partition coefficient (Wildman–Crippen LogP) is 2.80. The van der Waals surface area contributed by atoms with Crippen LogP contribution in [0.25, 0.3) is 0 Å². The minimum atomic E-state index is -3.90. The number of halogens is 2. The molecular formula is C21H25ClFN3O4S. The van der Waals surface area contributed by atoms with Crippen LogP contribution in [-0.2, 0) is 26.2 Å². The zero-order valence-corrected chi connectivity index (χ0v) is 19.1. The molecule has 0 fully saturated rings. The molecule has 2 amide bonds. The van der Waals surface area contributed by atoms with Gasteiger partial charge in [0.2, 0.25) is 21.8 Å². The number of nitrogens with zero attached hydrogens (tertiary/aromatic N) is 2. The molecule has 0 aromatic heterocycles. The second kappa shape index (κ2) is 10.6. The highest BCUT2D eigenvalue weighted by atomic mass is 35.5. The third-order valence-corrected chi connectivity index (χ3v) is 5.91. The maximum absolute atomic E-state index is 13.7. The van der Waals surface area contributed by atoms with Crippen LogP contribution in [0.5, 0.6) is 0 Å². The fraction of sp³-hybridized carbons (Fsp3) is 0.333. The van der Waals surface area contributed by atoms with E-state index in [2.05, 4.69) is 5.32 Å². The molecule has 0 aliphatic heterocycles. The summed E-state index contributed by atoms with van der Waals surface area (Å²) in [5.41, 5.74) is 0.692. The fourth-order valence-corrected chi connectivity index (χ4v) is 4.04. The smallest absolute Gasteiger partial charge is 0.244 e. The molecule has 0 aliphatic carbocycles. The molecule has 31 heavy (non-hydrogen) atoms. The molecule has 0 unspecified atom stereocenters. The van der Waals surface area contributed by atoms with Gasteiger partial charge in [0, 0.05) is 18.1 Å². The van der Waals surface area contributed by atoms with E-state index in [1.165, 1.54) is 23.1 Å². The number of sulfonamides is 1. The van der Waals surface area contributed by atoms with Gasteiger partial charge in [0.05, 0.1) is 11.9 Å². The van der Waals surface area contributed by atoms with Gasteiger partial charge in [0.15, 0.2) is 0 Å². The van der Waals surface area contributed by atoms with E-state index >= 15 is 0 Å². The van der Waals surface area contributed by atoms with Crippen molar-refractivity contribution in [1.82, 2.24) is 10.2 Å². The molecule has 1 atom stereocenters. The highest BCUT2D eigenvalue weighted by Gasteiger charge is 2.30. The van der Waals surface area contributed by atoms with E-state index in [0.29, 0.717) is 17.1 Å². The number of benzene rings is 2. The van der Waals surface area contributed by atoms with Crippen molar-refractivity contribution in [3.63, 3.8) is 0 Å². The largest absolute Gasteiger partial charge is 0.355 e. The van der Waals surface area contributed by atoms with Gasteiger partial charge >= 0.3 is 0 Å². The summed E-state index contributed by atoms with van der Waals surface area (Å²) in [7, 11) is -3.90. The molecule has 2 rings (SSSR count). The van der Waals surface area contributed by atoms with E-state index in [4.69, 9.17) is 11.6 Å².